The van der Waals surface area contributed by atoms with Gasteiger partial charge in [0.15, 0.2) is 9.88 Å². The topological polar surface area (TPSA) is 105 Å². The van der Waals surface area contributed by atoms with Gasteiger partial charge in [0.1, 0.15) is 11.4 Å². The molecule has 0 fully saturated rings. The minimum atomic E-state index is -0.593. The number of rotatable bonds is 3. The van der Waals surface area contributed by atoms with E-state index >= 15 is 0 Å². The first kappa shape index (κ1) is 15.8. The minimum absolute atomic E-state index is 0.00102. The zero-order chi connectivity index (χ0) is 16.1. The predicted molar refractivity (Wildman–Crippen MR) is 87.3 cm³/mol. The largest absolute Gasteiger partial charge is 0.494 e. The van der Waals surface area contributed by atoms with Crippen molar-refractivity contribution in [2.24, 2.45) is 5.10 Å². The normalized spacial score (nSPS) is 10.6. The van der Waals surface area contributed by atoms with Crippen molar-refractivity contribution >= 4 is 41.5 Å². The highest BCUT2D eigenvalue weighted by molar-refractivity contribution is 7.80. The van der Waals surface area contributed by atoms with Gasteiger partial charge in [-0.25, -0.2) is 4.39 Å². The Balaban J connectivity index is 2.00. The first-order chi connectivity index (χ1) is 10.5. The van der Waals surface area contributed by atoms with E-state index in [0.717, 1.165) is 6.21 Å². The van der Waals surface area contributed by atoms with Crippen LogP contribution in [0.2, 0.25) is 0 Å². The molecule has 1 aromatic carbocycles. The summed E-state index contributed by atoms with van der Waals surface area (Å²) >= 11 is 9.66. The Morgan fingerprint density at radius 1 is 1.32 bits per heavy atom. The molecule has 0 bridgehead atoms. The summed E-state index contributed by atoms with van der Waals surface area (Å²) in [7, 11) is 0. The van der Waals surface area contributed by atoms with Crippen molar-refractivity contribution < 1.29 is 9.50 Å². The molecule has 22 heavy (non-hydrogen) atoms. The average Bonchev–Trinajstić information content (AvgIpc) is 2.44. The van der Waals surface area contributed by atoms with Crippen molar-refractivity contribution in [2.75, 3.05) is 5.32 Å². The SMILES string of the molecule is O=c1[nH]c(=S)[nH]c(O)c1/C=N/NC(=S)Nc1ccc(F)cc1. The predicted octanol–water partition coefficient (Wildman–Crippen LogP) is 1.60. The standard InChI is InChI=1S/C12H10FN5O2S2/c13-6-1-3-7(4-2-6)15-12(22)18-14-5-8-9(19)16-11(21)17-10(8)20/h1-5H,(H2,15,18,22)(H3,16,17,19,20,21)/b14-5+. The number of anilines is 1. The maximum absolute atomic E-state index is 12.8. The van der Waals surface area contributed by atoms with Crippen LogP contribution in [-0.2, 0) is 0 Å². The van der Waals surface area contributed by atoms with Crippen LogP contribution in [0.3, 0.4) is 0 Å². The van der Waals surface area contributed by atoms with Crippen molar-refractivity contribution in [3.05, 3.63) is 50.8 Å². The van der Waals surface area contributed by atoms with Crippen LogP contribution in [0.1, 0.15) is 5.56 Å². The monoisotopic (exact) mass is 339 g/mol. The zero-order valence-corrected chi connectivity index (χ0v) is 12.5. The number of nitrogens with one attached hydrogen (secondary N) is 4. The molecule has 0 radical (unpaired) electrons. The Morgan fingerprint density at radius 2 is 2.00 bits per heavy atom. The molecule has 5 N–H and O–H groups in total. The van der Waals surface area contributed by atoms with Crippen LogP contribution in [0.15, 0.2) is 34.2 Å². The molecule has 2 rings (SSSR count). The summed E-state index contributed by atoms with van der Waals surface area (Å²) in [5, 5.41) is 16.2. The summed E-state index contributed by atoms with van der Waals surface area (Å²) in [4.78, 5) is 16.2. The average molecular weight is 339 g/mol. The maximum Gasteiger partial charge on any atom is 0.264 e. The summed E-state index contributed by atoms with van der Waals surface area (Å²) in [5.74, 6) is -0.768. The van der Waals surface area contributed by atoms with Gasteiger partial charge in [-0.1, -0.05) is 0 Å². The second-order valence-corrected chi connectivity index (χ2v) is 4.82. The van der Waals surface area contributed by atoms with E-state index in [4.69, 9.17) is 24.4 Å². The van der Waals surface area contributed by atoms with Crippen molar-refractivity contribution in [1.82, 2.24) is 15.4 Å². The summed E-state index contributed by atoms with van der Waals surface area (Å²) < 4.78 is 12.8. The fourth-order valence-corrected chi connectivity index (χ4v) is 1.81. The highest BCUT2D eigenvalue weighted by Crippen LogP contribution is 2.08. The van der Waals surface area contributed by atoms with Gasteiger partial charge in [0, 0.05) is 5.69 Å². The number of halogens is 1. The van der Waals surface area contributed by atoms with Crippen LogP contribution in [0.5, 0.6) is 5.88 Å². The first-order valence-electron chi connectivity index (χ1n) is 5.87. The molecule has 0 aliphatic carbocycles. The fraction of sp³-hybridized carbons (Fsp3) is 0. The highest BCUT2D eigenvalue weighted by Gasteiger charge is 2.04. The molecule has 1 heterocycles. The first-order valence-corrected chi connectivity index (χ1v) is 6.68. The molecular weight excluding hydrogens is 329 g/mol. The highest BCUT2D eigenvalue weighted by atomic mass is 32.1. The summed E-state index contributed by atoms with van der Waals surface area (Å²) in [6, 6.07) is 5.55. The number of nitrogens with zero attached hydrogens (tertiary/aromatic N) is 1. The molecule has 10 heteroatoms. The fourth-order valence-electron chi connectivity index (χ4n) is 1.45. The van der Waals surface area contributed by atoms with Gasteiger partial charge in [0.25, 0.3) is 5.56 Å². The smallest absolute Gasteiger partial charge is 0.264 e. The van der Waals surface area contributed by atoms with E-state index in [9.17, 15) is 14.3 Å². The molecule has 0 aliphatic heterocycles. The van der Waals surface area contributed by atoms with E-state index in [2.05, 4.69) is 25.8 Å². The van der Waals surface area contributed by atoms with E-state index in [1.165, 1.54) is 24.3 Å². The Bertz CT molecular complexity index is 829. The van der Waals surface area contributed by atoms with Crippen LogP contribution in [0.25, 0.3) is 0 Å². The molecule has 0 atom stereocenters. The number of hydrazone groups is 1. The summed E-state index contributed by atoms with van der Waals surface area (Å²) in [6.07, 6.45) is 1.08. The third-order valence-corrected chi connectivity index (χ3v) is 2.82. The number of aromatic amines is 2. The quantitative estimate of drug-likeness (QED) is 0.330. The van der Waals surface area contributed by atoms with Crippen LogP contribution >= 0.6 is 24.4 Å². The number of thiocarbonyl (C=S) groups is 1. The van der Waals surface area contributed by atoms with E-state index in [0.29, 0.717) is 5.69 Å². The number of hydrogen-bond donors (Lipinski definition) is 5. The lowest BCUT2D eigenvalue weighted by molar-refractivity contribution is 0.449. The third-order valence-electron chi connectivity index (χ3n) is 2.42. The van der Waals surface area contributed by atoms with Crippen LogP contribution in [-0.4, -0.2) is 26.4 Å². The van der Waals surface area contributed by atoms with Crippen molar-refractivity contribution in [2.45, 2.75) is 0 Å². The molecule has 1 aromatic heterocycles. The Kier molecular flexibility index (Phi) is 4.96. The Morgan fingerprint density at radius 3 is 2.64 bits per heavy atom. The lowest BCUT2D eigenvalue weighted by atomic mass is 10.3. The second-order valence-electron chi connectivity index (χ2n) is 4.00. The van der Waals surface area contributed by atoms with Gasteiger partial charge in [0.05, 0.1) is 6.21 Å². The molecule has 0 saturated carbocycles. The molecule has 0 saturated heterocycles. The van der Waals surface area contributed by atoms with E-state index in [1.54, 1.807) is 0 Å². The van der Waals surface area contributed by atoms with Crippen molar-refractivity contribution in [1.29, 1.82) is 0 Å². The van der Waals surface area contributed by atoms with E-state index in [1.807, 2.05) is 0 Å². The minimum Gasteiger partial charge on any atom is -0.494 e. The molecule has 114 valence electrons. The number of benzene rings is 1. The third kappa shape index (κ3) is 4.20. The molecule has 2 aromatic rings. The van der Waals surface area contributed by atoms with Crippen LogP contribution in [0.4, 0.5) is 10.1 Å². The molecule has 0 unspecified atom stereocenters. The maximum atomic E-state index is 12.8. The molecule has 0 amide bonds. The second kappa shape index (κ2) is 6.91. The zero-order valence-electron chi connectivity index (χ0n) is 10.9. The van der Waals surface area contributed by atoms with Gasteiger partial charge < -0.3 is 15.4 Å². The van der Waals surface area contributed by atoms with Gasteiger partial charge in [-0.2, -0.15) is 5.10 Å². The number of hydrogen-bond acceptors (Lipinski definition) is 5. The van der Waals surface area contributed by atoms with Crippen molar-refractivity contribution in [3.63, 3.8) is 0 Å². The molecule has 0 spiro atoms. The molecular formula is C12H10FN5O2S2. The van der Waals surface area contributed by atoms with Crippen molar-refractivity contribution in [3.8, 4) is 5.88 Å². The summed E-state index contributed by atoms with van der Waals surface area (Å²) in [5.41, 5.74) is 2.32. The van der Waals surface area contributed by atoms with Gasteiger partial charge in [-0.05, 0) is 48.7 Å². The van der Waals surface area contributed by atoms with E-state index < -0.39 is 11.4 Å². The molecule has 7 nitrogen and oxygen atoms in total. The Labute approximate surface area is 133 Å². The van der Waals surface area contributed by atoms with Gasteiger partial charge in [0.2, 0.25) is 5.88 Å². The number of H-pyrrole nitrogens is 2. The Hall–Kier alpha value is -2.59. The lowest BCUT2D eigenvalue weighted by Crippen LogP contribution is -2.24. The lowest BCUT2D eigenvalue weighted by Gasteiger charge is -2.06. The van der Waals surface area contributed by atoms with Gasteiger partial charge in [-0.15, -0.1) is 0 Å². The van der Waals surface area contributed by atoms with Crippen LogP contribution in [0, 0.1) is 10.6 Å². The number of aromatic nitrogens is 2. The van der Waals surface area contributed by atoms with Gasteiger partial charge in [-0.3, -0.25) is 15.2 Å². The van der Waals surface area contributed by atoms with Crippen LogP contribution < -0.4 is 16.3 Å². The number of aromatic hydroxyl groups is 1. The van der Waals surface area contributed by atoms with Gasteiger partial charge >= 0.3 is 0 Å². The summed E-state index contributed by atoms with van der Waals surface area (Å²) in [6.45, 7) is 0. The molecule has 0 aliphatic rings. The van der Waals surface area contributed by atoms with E-state index in [-0.39, 0.29) is 21.3 Å².